The number of fused-ring (bicyclic) bond motifs is 1. The van der Waals surface area contributed by atoms with E-state index < -0.39 is 10.9 Å². The quantitative estimate of drug-likeness (QED) is 0.527. The first-order chi connectivity index (χ1) is 13.6. The number of benzene rings is 2. The zero-order valence-corrected chi connectivity index (χ0v) is 16.7. The number of carbonyl (C=O) groups excluding carboxylic acids is 2. The standard InChI is InChI=1S/C21H20ClNO4S/c22-16-6-8-17(9-7-16)26-12-13-27-20(25)18-14-28-21(11-10-19(24)23(18)21)15-4-2-1-3-5-15/h1-9,18H,10-14H2/t18-,21+/m1/s1. The minimum Gasteiger partial charge on any atom is -0.490 e. The summed E-state index contributed by atoms with van der Waals surface area (Å²) < 4.78 is 11.0. The zero-order valence-electron chi connectivity index (χ0n) is 15.2. The van der Waals surface area contributed by atoms with E-state index >= 15 is 0 Å². The van der Waals surface area contributed by atoms with E-state index in [1.165, 1.54) is 0 Å². The molecule has 0 unspecified atom stereocenters. The van der Waals surface area contributed by atoms with Crippen LogP contribution in [-0.4, -0.2) is 41.8 Å². The van der Waals surface area contributed by atoms with Crippen molar-refractivity contribution >= 4 is 35.2 Å². The fraction of sp³-hybridized carbons (Fsp3) is 0.333. The summed E-state index contributed by atoms with van der Waals surface area (Å²) in [5.41, 5.74) is 1.06. The number of carbonyl (C=O) groups is 2. The molecule has 0 radical (unpaired) electrons. The number of nitrogens with zero attached hydrogens (tertiary/aromatic N) is 1. The molecule has 2 aliphatic rings. The SMILES string of the molecule is O=C(OCCOc1ccc(Cl)cc1)[C@H]1CS[C@]2(c3ccccc3)CCC(=O)N12. The van der Waals surface area contributed by atoms with Crippen molar-refractivity contribution in [3.8, 4) is 5.75 Å². The van der Waals surface area contributed by atoms with E-state index in [1.807, 2.05) is 30.3 Å². The van der Waals surface area contributed by atoms with Crippen LogP contribution in [0.2, 0.25) is 5.02 Å². The fourth-order valence-corrected chi connectivity index (χ4v) is 5.51. The first-order valence-corrected chi connectivity index (χ1v) is 10.5. The van der Waals surface area contributed by atoms with Gasteiger partial charge in [0.05, 0.1) is 0 Å². The summed E-state index contributed by atoms with van der Waals surface area (Å²) in [6.45, 7) is 0.369. The summed E-state index contributed by atoms with van der Waals surface area (Å²) in [5, 5.41) is 0.634. The van der Waals surface area contributed by atoms with Crippen LogP contribution < -0.4 is 4.74 Å². The Morgan fingerprint density at radius 2 is 1.89 bits per heavy atom. The number of halogens is 1. The van der Waals surface area contributed by atoms with Crippen LogP contribution in [0.3, 0.4) is 0 Å². The highest BCUT2D eigenvalue weighted by Gasteiger charge is 2.57. The lowest BCUT2D eigenvalue weighted by Crippen LogP contribution is -2.46. The maximum absolute atomic E-state index is 12.7. The summed E-state index contributed by atoms with van der Waals surface area (Å²) in [4.78, 5) is 26.5. The van der Waals surface area contributed by atoms with Crippen LogP contribution in [0.1, 0.15) is 18.4 Å². The van der Waals surface area contributed by atoms with Crippen LogP contribution in [0.25, 0.3) is 0 Å². The Bertz CT molecular complexity index is 860. The predicted octanol–water partition coefficient (Wildman–Crippen LogP) is 3.85. The van der Waals surface area contributed by atoms with E-state index in [4.69, 9.17) is 21.1 Å². The largest absolute Gasteiger partial charge is 0.490 e. The second kappa shape index (κ2) is 8.05. The number of ether oxygens (including phenoxy) is 2. The Kier molecular flexibility index (Phi) is 5.51. The molecular weight excluding hydrogens is 398 g/mol. The molecule has 0 saturated carbocycles. The molecule has 0 spiro atoms. The molecule has 4 rings (SSSR count). The van der Waals surface area contributed by atoms with E-state index in [2.05, 4.69) is 0 Å². The molecule has 0 bridgehead atoms. The number of rotatable bonds is 6. The molecule has 2 saturated heterocycles. The van der Waals surface area contributed by atoms with E-state index in [0.29, 0.717) is 29.4 Å². The Hall–Kier alpha value is -2.18. The van der Waals surface area contributed by atoms with Crippen molar-refractivity contribution in [1.29, 1.82) is 0 Å². The van der Waals surface area contributed by atoms with Gasteiger partial charge < -0.3 is 14.4 Å². The minimum atomic E-state index is -0.560. The third-order valence-corrected chi connectivity index (χ3v) is 6.88. The van der Waals surface area contributed by atoms with Crippen molar-refractivity contribution in [2.75, 3.05) is 19.0 Å². The van der Waals surface area contributed by atoms with Crippen LogP contribution in [0.15, 0.2) is 54.6 Å². The molecule has 0 N–H and O–H groups in total. The zero-order chi connectivity index (χ0) is 19.6. The molecule has 2 atom stereocenters. The smallest absolute Gasteiger partial charge is 0.329 e. The third kappa shape index (κ3) is 3.59. The van der Waals surface area contributed by atoms with Crippen molar-refractivity contribution in [3.63, 3.8) is 0 Å². The average Bonchev–Trinajstić information content (AvgIpc) is 3.26. The van der Waals surface area contributed by atoms with Crippen molar-refractivity contribution in [1.82, 2.24) is 4.90 Å². The molecule has 146 valence electrons. The summed E-state index contributed by atoms with van der Waals surface area (Å²) >= 11 is 7.49. The summed E-state index contributed by atoms with van der Waals surface area (Å²) in [6, 6.07) is 16.4. The third-order valence-electron chi connectivity index (χ3n) is 5.03. The highest BCUT2D eigenvalue weighted by Crippen LogP contribution is 2.54. The lowest BCUT2D eigenvalue weighted by Gasteiger charge is -2.33. The van der Waals surface area contributed by atoms with Gasteiger partial charge in [-0.2, -0.15) is 0 Å². The van der Waals surface area contributed by atoms with Gasteiger partial charge in [-0.1, -0.05) is 41.9 Å². The molecule has 0 aliphatic carbocycles. The highest BCUT2D eigenvalue weighted by atomic mass is 35.5. The number of hydrogen-bond donors (Lipinski definition) is 0. The Morgan fingerprint density at radius 1 is 1.14 bits per heavy atom. The van der Waals surface area contributed by atoms with Gasteiger partial charge in [-0.25, -0.2) is 4.79 Å². The molecule has 0 aromatic heterocycles. The summed E-state index contributed by atoms with van der Waals surface area (Å²) in [6.07, 6.45) is 1.16. The highest BCUT2D eigenvalue weighted by molar-refractivity contribution is 8.00. The van der Waals surface area contributed by atoms with Gasteiger partial charge in [0.15, 0.2) is 0 Å². The first kappa shape index (κ1) is 19.2. The van der Waals surface area contributed by atoms with E-state index in [0.717, 1.165) is 5.56 Å². The number of amides is 1. The molecule has 7 heteroatoms. The van der Waals surface area contributed by atoms with Crippen LogP contribution in [0.5, 0.6) is 5.75 Å². The number of esters is 1. The van der Waals surface area contributed by atoms with Gasteiger partial charge in [0, 0.05) is 17.2 Å². The minimum absolute atomic E-state index is 0.00761. The van der Waals surface area contributed by atoms with E-state index in [-0.39, 0.29) is 25.1 Å². The van der Waals surface area contributed by atoms with Crippen LogP contribution >= 0.6 is 23.4 Å². The molecule has 28 heavy (non-hydrogen) atoms. The Labute approximate surface area is 172 Å². The van der Waals surface area contributed by atoms with Gasteiger partial charge >= 0.3 is 5.97 Å². The molecule has 2 aliphatic heterocycles. The molecule has 2 heterocycles. The molecule has 2 fully saturated rings. The summed E-state index contributed by atoms with van der Waals surface area (Å²) in [7, 11) is 0. The van der Waals surface area contributed by atoms with Crippen molar-refractivity contribution < 1.29 is 19.1 Å². The van der Waals surface area contributed by atoms with Crippen LogP contribution in [0.4, 0.5) is 0 Å². The molecule has 1 amide bonds. The molecular formula is C21H20ClNO4S. The van der Waals surface area contributed by atoms with Gasteiger partial charge in [-0.3, -0.25) is 4.79 Å². The fourth-order valence-electron chi connectivity index (χ4n) is 3.74. The monoisotopic (exact) mass is 417 g/mol. The number of thioether (sulfide) groups is 1. The van der Waals surface area contributed by atoms with Gasteiger partial charge in [0.2, 0.25) is 5.91 Å². The maximum Gasteiger partial charge on any atom is 0.329 e. The molecule has 2 aromatic rings. The van der Waals surface area contributed by atoms with Crippen molar-refractivity contribution in [2.24, 2.45) is 0 Å². The second-order valence-electron chi connectivity index (χ2n) is 6.71. The lowest BCUT2D eigenvalue weighted by molar-refractivity contribution is -0.154. The predicted molar refractivity (Wildman–Crippen MR) is 108 cm³/mol. The van der Waals surface area contributed by atoms with Gasteiger partial charge in [0.25, 0.3) is 0 Å². The lowest BCUT2D eigenvalue weighted by atomic mass is 10.0. The normalized spacial score (nSPS) is 23.5. The molecule has 2 aromatic carbocycles. The van der Waals surface area contributed by atoms with E-state index in [9.17, 15) is 9.59 Å². The van der Waals surface area contributed by atoms with Gasteiger partial charge in [0.1, 0.15) is 29.9 Å². The number of hydrogen-bond acceptors (Lipinski definition) is 5. The van der Waals surface area contributed by atoms with Crippen molar-refractivity contribution in [2.45, 2.75) is 23.8 Å². The Morgan fingerprint density at radius 3 is 2.64 bits per heavy atom. The maximum atomic E-state index is 12.7. The van der Waals surface area contributed by atoms with E-state index in [1.54, 1.807) is 40.9 Å². The first-order valence-electron chi connectivity index (χ1n) is 9.17. The summed E-state index contributed by atoms with van der Waals surface area (Å²) in [5.74, 6) is 0.834. The topological polar surface area (TPSA) is 55.8 Å². The van der Waals surface area contributed by atoms with Crippen molar-refractivity contribution in [3.05, 3.63) is 65.2 Å². The second-order valence-corrected chi connectivity index (χ2v) is 8.44. The van der Waals surface area contributed by atoms with Gasteiger partial charge in [-0.15, -0.1) is 11.8 Å². The van der Waals surface area contributed by atoms with Crippen LogP contribution in [0, 0.1) is 0 Å². The van der Waals surface area contributed by atoms with Gasteiger partial charge in [-0.05, 0) is 36.2 Å². The van der Waals surface area contributed by atoms with Crippen LogP contribution in [-0.2, 0) is 19.2 Å². The Balaban J connectivity index is 1.37. The molecule has 5 nitrogen and oxygen atoms in total. The average molecular weight is 418 g/mol.